The maximum absolute atomic E-state index is 12.3. The molecule has 2 aromatic rings. The number of nitrogens with zero attached hydrogens (tertiary/aromatic N) is 1. The molecule has 30 heavy (non-hydrogen) atoms. The van der Waals surface area contributed by atoms with E-state index < -0.39 is 12.1 Å². The lowest BCUT2D eigenvalue weighted by atomic mass is 10.1. The number of carbonyl (C=O) groups is 2. The summed E-state index contributed by atoms with van der Waals surface area (Å²) in [5.41, 5.74) is 3.74. The third-order valence-electron chi connectivity index (χ3n) is 4.73. The summed E-state index contributed by atoms with van der Waals surface area (Å²) in [5.74, 6) is 0.497. The van der Waals surface area contributed by atoms with Gasteiger partial charge in [0.05, 0.1) is 6.42 Å². The second-order valence-electron chi connectivity index (χ2n) is 6.93. The highest BCUT2D eigenvalue weighted by Gasteiger charge is 2.22. The fraction of sp³-hybridized carbons (Fsp3) is 0.381. The number of hydrogen-bond acceptors (Lipinski definition) is 6. The number of nitrogens with one attached hydrogen (secondary N) is 1. The predicted molar refractivity (Wildman–Crippen MR) is 117 cm³/mol. The maximum atomic E-state index is 12.3. The van der Waals surface area contributed by atoms with E-state index in [9.17, 15) is 9.59 Å². The summed E-state index contributed by atoms with van der Waals surface area (Å²) in [6.45, 7) is 1.81. The molecule has 7 nitrogen and oxygen atoms in total. The zero-order valence-corrected chi connectivity index (χ0v) is 18.1. The Hall–Kier alpha value is -2.45. The molecule has 0 radical (unpaired) electrons. The number of halogens is 1. The number of carbonyl (C=O) groups excluding carboxylic acids is 1. The topological polar surface area (TPSA) is 102 Å². The molecule has 1 aromatic heterocycles. The zero-order chi connectivity index (χ0) is 21.5. The Kier molecular flexibility index (Phi) is 7.81. The van der Waals surface area contributed by atoms with Gasteiger partial charge in [-0.2, -0.15) is 11.8 Å². The average Bonchev–Trinajstić information content (AvgIpc) is 3.34. The average molecular weight is 451 g/mol. The molecule has 0 aliphatic heterocycles. The highest BCUT2D eigenvalue weighted by molar-refractivity contribution is 7.98. The SMILES string of the molecule is C[C@@H](OC(=O)Nc1conc1-c1ccc(CSCCC(=O)O)cc1)C1=C(Cl)CCC1. The largest absolute Gasteiger partial charge is 0.481 e. The molecule has 1 amide bonds. The van der Waals surface area contributed by atoms with Crippen LogP contribution in [0.5, 0.6) is 0 Å². The minimum absolute atomic E-state index is 0.148. The van der Waals surface area contributed by atoms with Gasteiger partial charge in [-0.05, 0) is 37.3 Å². The molecule has 0 spiro atoms. The van der Waals surface area contributed by atoms with E-state index in [4.69, 9.17) is 26.0 Å². The predicted octanol–water partition coefficient (Wildman–Crippen LogP) is 5.66. The number of aromatic nitrogens is 1. The number of carboxylic acids is 1. The Morgan fingerprint density at radius 3 is 2.77 bits per heavy atom. The van der Waals surface area contributed by atoms with Crippen LogP contribution in [-0.2, 0) is 15.3 Å². The first-order valence-corrected chi connectivity index (χ1v) is 11.2. The lowest BCUT2D eigenvalue weighted by Crippen LogP contribution is -2.21. The number of benzene rings is 1. The lowest BCUT2D eigenvalue weighted by Gasteiger charge is -2.15. The minimum atomic E-state index is -0.792. The van der Waals surface area contributed by atoms with Crippen molar-refractivity contribution in [2.45, 2.75) is 44.5 Å². The third kappa shape index (κ3) is 6.03. The summed E-state index contributed by atoms with van der Waals surface area (Å²) >= 11 is 7.75. The summed E-state index contributed by atoms with van der Waals surface area (Å²) in [6, 6.07) is 7.65. The van der Waals surface area contributed by atoms with Gasteiger partial charge < -0.3 is 14.4 Å². The van der Waals surface area contributed by atoms with Crippen molar-refractivity contribution in [3.05, 3.63) is 46.7 Å². The van der Waals surface area contributed by atoms with E-state index in [1.54, 1.807) is 11.8 Å². The molecule has 0 fully saturated rings. The first-order valence-electron chi connectivity index (χ1n) is 9.62. The maximum Gasteiger partial charge on any atom is 0.412 e. The number of thioether (sulfide) groups is 1. The van der Waals surface area contributed by atoms with Crippen LogP contribution in [0, 0.1) is 0 Å². The third-order valence-corrected chi connectivity index (χ3v) is 6.19. The molecule has 0 saturated carbocycles. The van der Waals surface area contributed by atoms with Gasteiger partial charge in [-0.25, -0.2) is 4.79 Å². The molecule has 160 valence electrons. The first kappa shape index (κ1) is 22.2. The first-order chi connectivity index (χ1) is 14.4. The van der Waals surface area contributed by atoms with Crippen molar-refractivity contribution >= 4 is 41.1 Å². The van der Waals surface area contributed by atoms with Crippen LogP contribution in [0.3, 0.4) is 0 Å². The molecule has 9 heteroatoms. The second-order valence-corrected chi connectivity index (χ2v) is 8.49. The van der Waals surface area contributed by atoms with Crippen LogP contribution in [0.25, 0.3) is 11.3 Å². The molecule has 0 bridgehead atoms. The molecule has 0 unspecified atom stereocenters. The van der Waals surface area contributed by atoms with E-state index in [0.717, 1.165) is 46.7 Å². The Morgan fingerprint density at radius 2 is 2.10 bits per heavy atom. The number of allylic oxidation sites excluding steroid dienone is 1. The fourth-order valence-corrected chi connectivity index (χ4v) is 4.44. The van der Waals surface area contributed by atoms with Crippen molar-refractivity contribution in [3.63, 3.8) is 0 Å². The smallest absolute Gasteiger partial charge is 0.412 e. The van der Waals surface area contributed by atoms with Gasteiger partial charge in [0.15, 0.2) is 0 Å². The van der Waals surface area contributed by atoms with Gasteiger partial charge in [0.1, 0.15) is 23.7 Å². The van der Waals surface area contributed by atoms with Gasteiger partial charge in [-0.15, -0.1) is 0 Å². The quantitative estimate of drug-likeness (QED) is 0.475. The van der Waals surface area contributed by atoms with Gasteiger partial charge in [-0.1, -0.05) is 41.0 Å². The number of ether oxygens (including phenoxy) is 1. The van der Waals surface area contributed by atoms with Crippen LogP contribution < -0.4 is 5.32 Å². The molecule has 1 aliphatic rings. The van der Waals surface area contributed by atoms with Crippen LogP contribution in [-0.4, -0.2) is 34.2 Å². The van der Waals surface area contributed by atoms with E-state index in [0.29, 0.717) is 17.1 Å². The van der Waals surface area contributed by atoms with Crippen LogP contribution in [0.4, 0.5) is 10.5 Å². The van der Waals surface area contributed by atoms with E-state index in [2.05, 4.69) is 10.5 Å². The molecular formula is C21H23ClN2O5S. The normalized spacial score (nSPS) is 14.6. The standard InChI is InChI=1S/C21H23ClN2O5S/c1-13(16-3-2-4-17(16)22)29-21(27)23-18-11-28-24-20(18)15-7-5-14(6-8-15)12-30-10-9-19(25)26/h5-8,11,13H,2-4,9-10,12H2,1H3,(H,23,27)(H,25,26)/t13-/m1/s1. The van der Waals surface area contributed by atoms with Crippen LogP contribution >= 0.6 is 23.4 Å². The Balaban J connectivity index is 1.57. The summed E-state index contributed by atoms with van der Waals surface area (Å²) in [4.78, 5) is 22.9. The van der Waals surface area contributed by atoms with Gasteiger partial charge in [0.2, 0.25) is 0 Å². The molecular weight excluding hydrogens is 428 g/mol. The number of hydrogen-bond donors (Lipinski definition) is 2. The van der Waals surface area contributed by atoms with Crippen molar-refractivity contribution in [2.75, 3.05) is 11.1 Å². The number of carboxylic acid groups (broad SMARTS) is 1. The van der Waals surface area contributed by atoms with Gasteiger partial charge >= 0.3 is 12.1 Å². The molecule has 1 heterocycles. The van der Waals surface area contributed by atoms with Crippen LogP contribution in [0.2, 0.25) is 0 Å². The lowest BCUT2D eigenvalue weighted by molar-refractivity contribution is -0.136. The number of aliphatic carboxylic acids is 1. The monoisotopic (exact) mass is 450 g/mol. The number of amides is 1. The fourth-order valence-electron chi connectivity index (χ4n) is 3.17. The second kappa shape index (κ2) is 10.5. The molecule has 0 saturated heterocycles. The molecule has 1 atom stereocenters. The van der Waals surface area contributed by atoms with Crippen LogP contribution in [0.1, 0.15) is 38.2 Å². The minimum Gasteiger partial charge on any atom is -0.481 e. The summed E-state index contributed by atoms with van der Waals surface area (Å²) in [7, 11) is 0. The van der Waals surface area contributed by atoms with E-state index in [1.807, 2.05) is 31.2 Å². The van der Waals surface area contributed by atoms with Gasteiger partial charge in [0.25, 0.3) is 0 Å². The van der Waals surface area contributed by atoms with Crippen molar-refractivity contribution in [1.29, 1.82) is 0 Å². The summed E-state index contributed by atoms with van der Waals surface area (Å²) < 4.78 is 10.5. The van der Waals surface area contributed by atoms with Crippen molar-refractivity contribution in [1.82, 2.24) is 5.16 Å². The van der Waals surface area contributed by atoms with Gasteiger partial charge in [-0.3, -0.25) is 10.1 Å². The van der Waals surface area contributed by atoms with Crippen LogP contribution in [0.15, 0.2) is 45.7 Å². The van der Waals surface area contributed by atoms with Gasteiger partial charge in [0, 0.05) is 22.1 Å². The van der Waals surface area contributed by atoms with E-state index in [-0.39, 0.29) is 12.5 Å². The van der Waals surface area contributed by atoms with Crippen molar-refractivity contribution < 1.29 is 24.0 Å². The number of anilines is 1. The van der Waals surface area contributed by atoms with Crippen molar-refractivity contribution in [3.8, 4) is 11.3 Å². The molecule has 2 N–H and O–H groups in total. The van der Waals surface area contributed by atoms with Crippen molar-refractivity contribution in [2.24, 2.45) is 0 Å². The Bertz CT molecular complexity index is 926. The Morgan fingerprint density at radius 1 is 1.33 bits per heavy atom. The highest BCUT2D eigenvalue weighted by atomic mass is 35.5. The molecule has 3 rings (SSSR count). The van der Waals surface area contributed by atoms with E-state index >= 15 is 0 Å². The summed E-state index contributed by atoms with van der Waals surface area (Å²) in [5, 5.41) is 16.1. The molecule has 1 aliphatic carbocycles. The summed E-state index contributed by atoms with van der Waals surface area (Å²) in [6.07, 6.45) is 3.17. The Labute approximate surface area is 183 Å². The zero-order valence-electron chi connectivity index (χ0n) is 16.5. The molecule has 1 aromatic carbocycles. The van der Waals surface area contributed by atoms with E-state index in [1.165, 1.54) is 6.26 Å². The highest BCUT2D eigenvalue weighted by Crippen LogP contribution is 2.32. The number of rotatable bonds is 9.